The summed E-state index contributed by atoms with van der Waals surface area (Å²) in [6.07, 6.45) is 16.0. The first-order valence-electron chi connectivity index (χ1n) is 5.57. The predicted octanol–water partition coefficient (Wildman–Crippen LogP) is 4.91. The molecule has 0 aromatic rings. The van der Waals surface area contributed by atoms with Crippen molar-refractivity contribution in [3.8, 4) is 0 Å². The minimum Gasteiger partial charge on any atom is -0.0988 e. The van der Waals surface area contributed by atoms with Crippen LogP contribution in [0.5, 0.6) is 0 Å². The number of fused-ring (bicyclic) bond motifs is 1. The molecule has 0 fully saturated rings. The molecule has 0 bridgehead atoms. The third-order valence-electron chi connectivity index (χ3n) is 2.82. The van der Waals surface area contributed by atoms with Gasteiger partial charge in [-0.05, 0) is 30.4 Å². The maximum Gasteiger partial charge on any atom is 0.0148 e. The fraction of sp³-hybridized carbons (Fsp3) is 0.200. The van der Waals surface area contributed by atoms with Crippen LogP contribution < -0.4 is 0 Å². The first kappa shape index (κ1) is 11.3. The highest BCUT2D eigenvalue weighted by molar-refractivity contribution is 8.07. The van der Waals surface area contributed by atoms with E-state index < -0.39 is 0 Å². The van der Waals surface area contributed by atoms with E-state index in [1.54, 1.807) is 0 Å². The van der Waals surface area contributed by atoms with Crippen molar-refractivity contribution in [1.29, 1.82) is 0 Å². The molecule has 0 amide bonds. The molecule has 0 unspecified atom stereocenters. The van der Waals surface area contributed by atoms with Gasteiger partial charge in [-0.15, -0.1) is 0 Å². The summed E-state index contributed by atoms with van der Waals surface area (Å²) >= 11 is 1.83. The molecule has 0 spiro atoms. The predicted molar refractivity (Wildman–Crippen MR) is 74.2 cm³/mol. The van der Waals surface area contributed by atoms with Crippen molar-refractivity contribution >= 4 is 11.8 Å². The molecule has 82 valence electrons. The Hall–Kier alpha value is -1.21. The lowest BCUT2D eigenvalue weighted by molar-refractivity contribution is 0.971. The smallest absolute Gasteiger partial charge is 0.0148 e. The first-order chi connectivity index (χ1) is 7.85. The van der Waals surface area contributed by atoms with E-state index in [0.717, 1.165) is 19.3 Å². The Labute approximate surface area is 102 Å². The quantitative estimate of drug-likeness (QED) is 0.647. The summed E-state index contributed by atoms with van der Waals surface area (Å²) in [6, 6.07) is 0. The van der Waals surface area contributed by atoms with E-state index >= 15 is 0 Å². The van der Waals surface area contributed by atoms with Gasteiger partial charge in [-0.1, -0.05) is 61.4 Å². The minimum absolute atomic E-state index is 1.02. The van der Waals surface area contributed by atoms with Gasteiger partial charge in [0.25, 0.3) is 0 Å². The fourth-order valence-electron chi connectivity index (χ4n) is 1.92. The molecule has 0 saturated carbocycles. The van der Waals surface area contributed by atoms with E-state index in [2.05, 4.69) is 37.5 Å². The summed E-state index contributed by atoms with van der Waals surface area (Å²) in [7, 11) is 0. The molecule has 0 radical (unpaired) electrons. The van der Waals surface area contributed by atoms with Crippen molar-refractivity contribution in [3.63, 3.8) is 0 Å². The average Bonchev–Trinajstić information content (AvgIpc) is 2.61. The highest BCUT2D eigenvalue weighted by Gasteiger charge is 2.15. The molecule has 0 aromatic carbocycles. The van der Waals surface area contributed by atoms with E-state index in [0.29, 0.717) is 0 Å². The van der Waals surface area contributed by atoms with Crippen LogP contribution >= 0.6 is 11.8 Å². The molecule has 0 atom stereocenters. The van der Waals surface area contributed by atoms with Gasteiger partial charge in [-0.3, -0.25) is 0 Å². The third-order valence-corrected chi connectivity index (χ3v) is 4.12. The van der Waals surface area contributed by atoms with E-state index in [1.807, 2.05) is 23.9 Å². The summed E-state index contributed by atoms with van der Waals surface area (Å²) in [5, 5.41) is 0. The van der Waals surface area contributed by atoms with Crippen LogP contribution in [-0.4, -0.2) is 0 Å². The molecule has 0 aromatic heterocycles. The van der Waals surface area contributed by atoms with Gasteiger partial charge in [0.1, 0.15) is 0 Å². The second-order valence-corrected chi connectivity index (χ2v) is 4.91. The highest BCUT2D eigenvalue weighted by atomic mass is 32.2. The summed E-state index contributed by atoms with van der Waals surface area (Å²) in [4.78, 5) is 2.64. The van der Waals surface area contributed by atoms with E-state index in [-0.39, 0.29) is 0 Å². The molecule has 2 rings (SSSR count). The Morgan fingerprint density at radius 2 is 2.06 bits per heavy atom. The first-order valence-corrected chi connectivity index (χ1v) is 6.39. The van der Waals surface area contributed by atoms with Gasteiger partial charge in [0.15, 0.2) is 0 Å². The molecule has 1 heterocycles. The Kier molecular flexibility index (Phi) is 3.68. The lowest BCUT2D eigenvalue weighted by Gasteiger charge is -2.06. The summed E-state index contributed by atoms with van der Waals surface area (Å²) in [6.45, 7) is 7.78. The molecule has 16 heavy (non-hydrogen) atoms. The van der Waals surface area contributed by atoms with Crippen LogP contribution in [0.25, 0.3) is 0 Å². The molecular formula is C15H16S. The van der Waals surface area contributed by atoms with Crippen LogP contribution in [0.15, 0.2) is 70.6 Å². The molecule has 2 aliphatic rings. The maximum absolute atomic E-state index is 3.90. The molecule has 1 heteroatoms. The number of hydrogen-bond donors (Lipinski definition) is 0. The van der Waals surface area contributed by atoms with Crippen LogP contribution in [0, 0.1) is 0 Å². The summed E-state index contributed by atoms with van der Waals surface area (Å²) < 4.78 is 0. The van der Waals surface area contributed by atoms with Gasteiger partial charge in [0, 0.05) is 9.81 Å². The lowest BCUT2D eigenvalue weighted by atomic mass is 10.0. The number of thioether (sulfide) groups is 1. The number of hydrogen-bond acceptors (Lipinski definition) is 1. The van der Waals surface area contributed by atoms with Crippen molar-refractivity contribution in [2.75, 3.05) is 0 Å². The van der Waals surface area contributed by atoms with Crippen LogP contribution in [0.1, 0.15) is 19.3 Å². The van der Waals surface area contributed by atoms with Crippen molar-refractivity contribution < 1.29 is 0 Å². The number of rotatable bonds is 2. The molecule has 0 N–H and O–H groups in total. The summed E-state index contributed by atoms with van der Waals surface area (Å²) in [5.74, 6) is 0. The van der Waals surface area contributed by atoms with Crippen LogP contribution in [0.2, 0.25) is 0 Å². The minimum atomic E-state index is 1.02. The zero-order valence-electron chi connectivity index (χ0n) is 9.41. The zero-order valence-corrected chi connectivity index (χ0v) is 10.2. The molecule has 0 nitrogen and oxygen atoms in total. The molecular weight excluding hydrogens is 212 g/mol. The zero-order chi connectivity index (χ0) is 11.4. The van der Waals surface area contributed by atoms with Crippen LogP contribution in [-0.2, 0) is 0 Å². The molecule has 0 saturated heterocycles. The van der Waals surface area contributed by atoms with Crippen molar-refractivity contribution in [1.82, 2.24) is 0 Å². The van der Waals surface area contributed by atoms with Gasteiger partial charge in [0.2, 0.25) is 0 Å². The Bertz CT molecular complexity index is 430. The highest BCUT2D eigenvalue weighted by Crippen LogP contribution is 2.41. The number of allylic oxidation sites excluding steroid dienone is 8. The lowest BCUT2D eigenvalue weighted by Crippen LogP contribution is -1.83. The van der Waals surface area contributed by atoms with Gasteiger partial charge >= 0.3 is 0 Å². The van der Waals surface area contributed by atoms with Crippen LogP contribution in [0.3, 0.4) is 0 Å². The van der Waals surface area contributed by atoms with Gasteiger partial charge in [-0.2, -0.15) is 0 Å². The van der Waals surface area contributed by atoms with Crippen molar-refractivity contribution in [3.05, 3.63) is 70.6 Å². The topological polar surface area (TPSA) is 0 Å². The maximum atomic E-state index is 3.90. The van der Waals surface area contributed by atoms with E-state index in [4.69, 9.17) is 0 Å². The van der Waals surface area contributed by atoms with Gasteiger partial charge in [-0.25, -0.2) is 0 Å². The normalized spacial score (nSPS) is 20.2. The average molecular weight is 228 g/mol. The van der Waals surface area contributed by atoms with Gasteiger partial charge in [0.05, 0.1) is 0 Å². The molecule has 1 aliphatic carbocycles. The Balaban J connectivity index is 2.37. The van der Waals surface area contributed by atoms with Crippen LogP contribution in [0.4, 0.5) is 0 Å². The van der Waals surface area contributed by atoms with Crippen molar-refractivity contribution in [2.45, 2.75) is 19.3 Å². The van der Waals surface area contributed by atoms with E-state index in [1.165, 1.54) is 21.0 Å². The monoisotopic (exact) mass is 228 g/mol. The van der Waals surface area contributed by atoms with E-state index in [9.17, 15) is 0 Å². The largest absolute Gasteiger partial charge is 0.0988 e. The van der Waals surface area contributed by atoms with Gasteiger partial charge < -0.3 is 0 Å². The Morgan fingerprint density at radius 3 is 2.81 bits per heavy atom. The molecule has 1 aliphatic heterocycles. The second kappa shape index (κ2) is 5.22. The fourth-order valence-corrected chi connectivity index (χ4v) is 3.03. The third kappa shape index (κ3) is 2.30. The standard InChI is InChI=1S/C15H16S/c1-3-12-10-11-13-8-6-5-7-9-15(13)16-14(12)4-2/h3-6,8-9H,1-2,7,10-11H2. The second-order valence-electron chi connectivity index (χ2n) is 3.82. The summed E-state index contributed by atoms with van der Waals surface area (Å²) in [5.41, 5.74) is 2.76. The SMILES string of the molecule is C=CC1=C(C=C)SC2=CCC=CC=C2CC1. The van der Waals surface area contributed by atoms with Crippen molar-refractivity contribution in [2.24, 2.45) is 0 Å². The Morgan fingerprint density at radius 1 is 1.19 bits per heavy atom.